The lowest BCUT2D eigenvalue weighted by molar-refractivity contribution is 0.104. The molecule has 0 bridgehead atoms. The Labute approximate surface area is 106 Å². The predicted octanol–water partition coefficient (Wildman–Crippen LogP) is 2.34. The van der Waals surface area contributed by atoms with Crippen molar-refractivity contribution in [3.05, 3.63) is 46.7 Å². The summed E-state index contributed by atoms with van der Waals surface area (Å²) >= 11 is 5.77. The minimum atomic E-state index is -0.0330. The van der Waals surface area contributed by atoms with Gasteiger partial charge in [0.1, 0.15) is 5.82 Å². The molecule has 1 aliphatic rings. The lowest BCUT2D eigenvalue weighted by Crippen LogP contribution is -2.34. The molecule has 1 aromatic rings. The van der Waals surface area contributed by atoms with Crippen LogP contribution in [0.2, 0.25) is 5.02 Å². The molecule has 3 nitrogen and oxygen atoms in total. The largest absolute Gasteiger partial charge is 0.369 e. The molecular formula is C13H15ClN2O. The van der Waals surface area contributed by atoms with Gasteiger partial charge in [-0.3, -0.25) is 4.79 Å². The molecular weight excluding hydrogens is 236 g/mol. The molecule has 17 heavy (non-hydrogen) atoms. The molecule has 1 aromatic carbocycles. The number of allylic oxidation sites excluding steroid dienone is 1. The second-order valence-electron chi connectivity index (χ2n) is 4.79. The molecule has 1 heterocycles. The van der Waals surface area contributed by atoms with Crippen LogP contribution in [0.1, 0.15) is 24.2 Å². The van der Waals surface area contributed by atoms with Gasteiger partial charge in [-0.1, -0.05) is 11.6 Å². The van der Waals surface area contributed by atoms with Crippen LogP contribution in [0.4, 0.5) is 0 Å². The first-order valence-corrected chi connectivity index (χ1v) is 5.88. The predicted molar refractivity (Wildman–Crippen MR) is 69.1 cm³/mol. The molecule has 1 saturated heterocycles. The Kier molecular flexibility index (Phi) is 3.11. The number of ketones is 1. The zero-order chi connectivity index (χ0) is 12.5. The van der Waals surface area contributed by atoms with Crippen molar-refractivity contribution in [2.75, 3.05) is 6.54 Å². The van der Waals surface area contributed by atoms with Crippen LogP contribution in [-0.4, -0.2) is 17.9 Å². The van der Waals surface area contributed by atoms with E-state index in [1.54, 1.807) is 30.3 Å². The number of benzene rings is 1. The molecule has 0 radical (unpaired) electrons. The van der Waals surface area contributed by atoms with Crippen LogP contribution in [0.3, 0.4) is 0 Å². The van der Waals surface area contributed by atoms with Gasteiger partial charge in [-0.25, -0.2) is 0 Å². The van der Waals surface area contributed by atoms with E-state index in [9.17, 15) is 4.79 Å². The maximum absolute atomic E-state index is 11.9. The summed E-state index contributed by atoms with van der Waals surface area (Å²) in [5.74, 6) is 0.740. The molecule has 0 spiro atoms. The SMILES string of the molecule is CC1(C)CN/C(=C/C(=O)c2ccc(Cl)cc2)N1. The van der Waals surface area contributed by atoms with Crippen LogP contribution in [-0.2, 0) is 0 Å². The van der Waals surface area contributed by atoms with E-state index in [1.807, 2.05) is 0 Å². The Morgan fingerprint density at radius 3 is 2.53 bits per heavy atom. The molecule has 2 N–H and O–H groups in total. The highest BCUT2D eigenvalue weighted by molar-refractivity contribution is 6.30. The van der Waals surface area contributed by atoms with E-state index in [2.05, 4.69) is 24.5 Å². The first-order valence-electron chi connectivity index (χ1n) is 5.50. The third kappa shape index (κ3) is 3.01. The van der Waals surface area contributed by atoms with Crippen molar-refractivity contribution in [1.29, 1.82) is 0 Å². The quantitative estimate of drug-likeness (QED) is 0.625. The average molecular weight is 251 g/mol. The van der Waals surface area contributed by atoms with Crippen LogP contribution in [0.5, 0.6) is 0 Å². The van der Waals surface area contributed by atoms with Gasteiger partial charge < -0.3 is 10.6 Å². The number of carbonyl (C=O) groups excluding carboxylic acids is 1. The van der Waals surface area contributed by atoms with Crippen molar-refractivity contribution in [1.82, 2.24) is 10.6 Å². The van der Waals surface area contributed by atoms with E-state index in [4.69, 9.17) is 11.6 Å². The van der Waals surface area contributed by atoms with E-state index in [0.29, 0.717) is 10.6 Å². The van der Waals surface area contributed by atoms with Gasteiger partial charge in [0, 0.05) is 23.2 Å². The van der Waals surface area contributed by atoms with E-state index < -0.39 is 0 Å². The first-order chi connectivity index (χ1) is 7.96. The Bertz CT molecular complexity index is 463. The van der Waals surface area contributed by atoms with Crippen LogP contribution in [0.25, 0.3) is 0 Å². The van der Waals surface area contributed by atoms with Gasteiger partial charge in [0.15, 0.2) is 5.78 Å². The van der Waals surface area contributed by atoms with Gasteiger partial charge >= 0.3 is 0 Å². The Balaban J connectivity index is 2.12. The summed E-state index contributed by atoms with van der Waals surface area (Å²) in [6, 6.07) is 6.88. The maximum Gasteiger partial charge on any atom is 0.189 e. The van der Waals surface area contributed by atoms with Gasteiger partial charge in [-0.05, 0) is 38.1 Å². The highest BCUT2D eigenvalue weighted by Gasteiger charge is 2.25. The first kappa shape index (κ1) is 12.0. The van der Waals surface area contributed by atoms with E-state index >= 15 is 0 Å². The fourth-order valence-electron chi connectivity index (χ4n) is 1.68. The Morgan fingerprint density at radius 2 is 2.00 bits per heavy atom. The smallest absolute Gasteiger partial charge is 0.189 e. The van der Waals surface area contributed by atoms with Crippen LogP contribution in [0.15, 0.2) is 36.2 Å². The molecule has 90 valence electrons. The molecule has 0 saturated carbocycles. The topological polar surface area (TPSA) is 41.1 Å². The molecule has 0 atom stereocenters. The molecule has 0 aromatic heterocycles. The third-order valence-corrected chi connectivity index (χ3v) is 2.85. The van der Waals surface area contributed by atoms with Crippen molar-refractivity contribution in [3.63, 3.8) is 0 Å². The highest BCUT2D eigenvalue weighted by atomic mass is 35.5. The summed E-state index contributed by atoms with van der Waals surface area (Å²) in [7, 11) is 0. The minimum Gasteiger partial charge on any atom is -0.369 e. The molecule has 0 amide bonds. The van der Waals surface area contributed by atoms with E-state index in [-0.39, 0.29) is 11.3 Å². The summed E-state index contributed by atoms with van der Waals surface area (Å²) in [4.78, 5) is 11.9. The lowest BCUT2D eigenvalue weighted by atomic mass is 10.1. The van der Waals surface area contributed by atoms with Crippen LogP contribution in [0, 0.1) is 0 Å². The van der Waals surface area contributed by atoms with Gasteiger partial charge in [0.2, 0.25) is 0 Å². The van der Waals surface area contributed by atoms with Crippen molar-refractivity contribution < 1.29 is 4.79 Å². The monoisotopic (exact) mass is 250 g/mol. The van der Waals surface area contributed by atoms with Gasteiger partial charge in [-0.15, -0.1) is 0 Å². The Hall–Kier alpha value is -1.48. The molecule has 0 unspecified atom stereocenters. The van der Waals surface area contributed by atoms with Crippen molar-refractivity contribution in [3.8, 4) is 0 Å². The standard InChI is InChI=1S/C13H15ClN2O/c1-13(2)8-15-12(16-13)7-11(17)9-3-5-10(14)6-4-9/h3-7,15-16H,8H2,1-2H3/b12-7-. The third-order valence-electron chi connectivity index (χ3n) is 2.60. The van der Waals surface area contributed by atoms with Crippen molar-refractivity contribution >= 4 is 17.4 Å². The van der Waals surface area contributed by atoms with Gasteiger partial charge in [0.25, 0.3) is 0 Å². The molecule has 4 heteroatoms. The summed E-state index contributed by atoms with van der Waals surface area (Å²) < 4.78 is 0. The summed E-state index contributed by atoms with van der Waals surface area (Å²) in [5, 5.41) is 7.04. The second-order valence-corrected chi connectivity index (χ2v) is 5.23. The zero-order valence-corrected chi connectivity index (χ0v) is 10.6. The Morgan fingerprint density at radius 1 is 1.35 bits per heavy atom. The number of hydrogen-bond donors (Lipinski definition) is 2. The molecule has 0 aliphatic carbocycles. The number of halogens is 1. The van der Waals surface area contributed by atoms with Crippen molar-refractivity contribution in [2.24, 2.45) is 0 Å². The van der Waals surface area contributed by atoms with Crippen LogP contribution < -0.4 is 10.6 Å². The zero-order valence-electron chi connectivity index (χ0n) is 9.88. The van der Waals surface area contributed by atoms with Crippen molar-refractivity contribution in [2.45, 2.75) is 19.4 Å². The number of nitrogens with one attached hydrogen (secondary N) is 2. The summed E-state index contributed by atoms with van der Waals surface area (Å²) in [5.41, 5.74) is 0.627. The summed E-state index contributed by atoms with van der Waals surface area (Å²) in [6.07, 6.45) is 1.58. The fraction of sp³-hybridized carbons (Fsp3) is 0.308. The van der Waals surface area contributed by atoms with Gasteiger partial charge in [-0.2, -0.15) is 0 Å². The number of hydrogen-bond acceptors (Lipinski definition) is 3. The average Bonchev–Trinajstić information content (AvgIpc) is 2.59. The second kappa shape index (κ2) is 4.41. The number of rotatable bonds is 2. The lowest BCUT2D eigenvalue weighted by Gasteiger charge is -2.15. The maximum atomic E-state index is 11.9. The summed E-state index contributed by atoms with van der Waals surface area (Å²) in [6.45, 7) is 4.97. The molecule has 1 aliphatic heterocycles. The van der Waals surface area contributed by atoms with Gasteiger partial charge in [0.05, 0.1) is 5.54 Å². The fourth-order valence-corrected chi connectivity index (χ4v) is 1.81. The molecule has 2 rings (SSSR count). The minimum absolute atomic E-state index is 0.00783. The highest BCUT2D eigenvalue weighted by Crippen LogP contribution is 2.13. The van der Waals surface area contributed by atoms with E-state index in [0.717, 1.165) is 12.4 Å². The molecule has 1 fully saturated rings. The normalized spacial score (nSPS) is 19.8. The number of carbonyl (C=O) groups is 1. The van der Waals surface area contributed by atoms with E-state index in [1.165, 1.54) is 0 Å². The van der Waals surface area contributed by atoms with Crippen LogP contribution >= 0.6 is 11.6 Å².